The lowest BCUT2D eigenvalue weighted by atomic mass is 10.0. The molecule has 0 fully saturated rings. The van der Waals surface area contributed by atoms with Crippen molar-refractivity contribution in [1.29, 1.82) is 0 Å². The zero-order valence-electron chi connectivity index (χ0n) is 59.2. The highest BCUT2D eigenvalue weighted by atomic mass is 31.2. The van der Waals surface area contributed by atoms with Gasteiger partial charge in [0.05, 0.1) is 39.9 Å². The molecular weight excluding hydrogens is 1100 g/mol. The number of likely N-dealkylation sites (N-methyl/N-ethyl adjacent to an activating group) is 1. The van der Waals surface area contributed by atoms with E-state index in [9.17, 15) is 19.4 Å². The molecule has 88 heavy (non-hydrogen) atoms. The lowest BCUT2D eigenvalue weighted by Gasteiger charge is -2.29. The fraction of sp³-hybridized carbons (Fsp3) is 0.835. The van der Waals surface area contributed by atoms with Gasteiger partial charge < -0.3 is 28.8 Å². The van der Waals surface area contributed by atoms with Gasteiger partial charge in [-0.25, -0.2) is 0 Å². The minimum atomic E-state index is -4.61. The summed E-state index contributed by atoms with van der Waals surface area (Å²) in [5.41, 5.74) is 0. The van der Waals surface area contributed by atoms with Gasteiger partial charge in [0.1, 0.15) is 13.2 Å². The second kappa shape index (κ2) is 69.3. The molecule has 0 heterocycles. The van der Waals surface area contributed by atoms with Crippen LogP contribution >= 0.6 is 7.82 Å². The predicted molar refractivity (Wildman–Crippen MR) is 385 cm³/mol. The number of nitrogens with zero attached hydrogens (tertiary/aromatic N) is 1. The minimum absolute atomic E-state index is 0.00543. The average Bonchev–Trinajstić information content (AvgIpc) is 3.71. The lowest BCUT2D eigenvalue weighted by molar-refractivity contribution is -0.870. The van der Waals surface area contributed by atoms with Gasteiger partial charge in [0.2, 0.25) is 5.91 Å². The van der Waals surface area contributed by atoms with E-state index in [0.29, 0.717) is 17.4 Å². The summed E-state index contributed by atoms with van der Waals surface area (Å²) in [5, 5.41) is 14.0. The molecular formula is C79H149N2O6P. The number of amides is 1. The van der Waals surface area contributed by atoms with Crippen LogP contribution in [0.5, 0.6) is 0 Å². The highest BCUT2D eigenvalue weighted by molar-refractivity contribution is 7.45. The summed E-state index contributed by atoms with van der Waals surface area (Å²) in [5.74, 6) is -0.200. The second-order valence-corrected chi connectivity index (χ2v) is 28.7. The Morgan fingerprint density at radius 2 is 0.705 bits per heavy atom. The van der Waals surface area contributed by atoms with Gasteiger partial charge in [0.15, 0.2) is 0 Å². The number of quaternary nitrogens is 1. The summed E-state index contributed by atoms with van der Waals surface area (Å²) in [7, 11) is 1.26. The molecule has 3 unspecified atom stereocenters. The molecule has 0 aromatic carbocycles. The van der Waals surface area contributed by atoms with Crippen molar-refractivity contribution < 1.29 is 32.9 Å². The Kier molecular flexibility index (Phi) is 67.7. The molecule has 0 aromatic rings. The Balaban J connectivity index is 3.94. The molecule has 0 spiro atoms. The molecule has 0 rings (SSSR count). The van der Waals surface area contributed by atoms with Crippen LogP contribution in [-0.4, -0.2) is 68.5 Å². The molecule has 0 radical (unpaired) electrons. The van der Waals surface area contributed by atoms with Crippen LogP contribution in [0.3, 0.4) is 0 Å². The van der Waals surface area contributed by atoms with Gasteiger partial charge >= 0.3 is 0 Å². The van der Waals surface area contributed by atoms with Crippen molar-refractivity contribution in [3.05, 3.63) is 72.9 Å². The van der Waals surface area contributed by atoms with E-state index in [0.717, 1.165) is 64.2 Å². The summed E-state index contributed by atoms with van der Waals surface area (Å²) < 4.78 is 23.5. The van der Waals surface area contributed by atoms with Gasteiger partial charge in [0.25, 0.3) is 7.82 Å². The fourth-order valence-electron chi connectivity index (χ4n) is 11.5. The number of hydrogen-bond donors (Lipinski definition) is 2. The summed E-state index contributed by atoms with van der Waals surface area (Å²) >= 11 is 0. The number of phosphoric ester groups is 1. The summed E-state index contributed by atoms with van der Waals surface area (Å²) in [6.45, 7) is 4.57. The highest BCUT2D eigenvalue weighted by Crippen LogP contribution is 2.38. The number of rotatable bonds is 71. The van der Waals surface area contributed by atoms with E-state index in [2.05, 4.69) is 79.9 Å². The molecule has 9 heteroatoms. The molecule has 0 saturated carbocycles. The molecule has 1 amide bonds. The average molecular weight is 1250 g/mol. The largest absolute Gasteiger partial charge is 0.756 e. The van der Waals surface area contributed by atoms with E-state index < -0.39 is 20.0 Å². The van der Waals surface area contributed by atoms with Crippen LogP contribution < -0.4 is 10.2 Å². The molecule has 0 aliphatic heterocycles. The number of allylic oxidation sites excluding steroid dienone is 11. The number of aliphatic hydroxyl groups excluding tert-OH is 1. The molecule has 0 aromatic heterocycles. The number of unbranched alkanes of at least 4 members (excludes halogenated alkanes) is 48. The molecule has 0 aliphatic rings. The van der Waals surface area contributed by atoms with Crippen molar-refractivity contribution >= 4 is 13.7 Å². The van der Waals surface area contributed by atoms with Crippen LogP contribution in [0, 0.1) is 0 Å². The zero-order chi connectivity index (χ0) is 64.1. The fourth-order valence-corrected chi connectivity index (χ4v) is 12.2. The smallest absolute Gasteiger partial charge is 0.268 e. The van der Waals surface area contributed by atoms with E-state index in [4.69, 9.17) is 9.05 Å². The maximum atomic E-state index is 13.1. The molecule has 2 N–H and O–H groups in total. The number of carbonyl (C=O) groups excluding carboxylic acids is 1. The van der Waals surface area contributed by atoms with Crippen LogP contribution in [0.2, 0.25) is 0 Å². The summed E-state index contributed by atoms with van der Waals surface area (Å²) in [4.78, 5) is 25.7. The molecule has 516 valence electrons. The van der Waals surface area contributed by atoms with Crippen molar-refractivity contribution in [3.63, 3.8) is 0 Å². The van der Waals surface area contributed by atoms with Crippen LogP contribution in [0.1, 0.15) is 373 Å². The van der Waals surface area contributed by atoms with E-state index in [1.165, 1.54) is 289 Å². The van der Waals surface area contributed by atoms with Crippen LogP contribution in [-0.2, 0) is 18.4 Å². The number of carbonyl (C=O) groups is 1. The monoisotopic (exact) mass is 1250 g/mol. The van der Waals surface area contributed by atoms with E-state index >= 15 is 0 Å². The topological polar surface area (TPSA) is 108 Å². The zero-order valence-corrected chi connectivity index (χ0v) is 60.1. The highest BCUT2D eigenvalue weighted by Gasteiger charge is 2.23. The van der Waals surface area contributed by atoms with Crippen molar-refractivity contribution in [2.45, 2.75) is 386 Å². The van der Waals surface area contributed by atoms with Gasteiger partial charge in [-0.3, -0.25) is 9.36 Å². The molecule has 0 aliphatic carbocycles. The first-order chi connectivity index (χ1) is 43.0. The minimum Gasteiger partial charge on any atom is -0.756 e. The predicted octanol–water partition coefficient (Wildman–Crippen LogP) is 24.3. The maximum Gasteiger partial charge on any atom is 0.268 e. The van der Waals surface area contributed by atoms with Crippen molar-refractivity contribution in [3.8, 4) is 0 Å². The number of aliphatic hydroxyl groups is 1. The van der Waals surface area contributed by atoms with Crippen molar-refractivity contribution in [1.82, 2.24) is 5.32 Å². The van der Waals surface area contributed by atoms with E-state index in [-0.39, 0.29) is 19.1 Å². The second-order valence-electron chi connectivity index (χ2n) is 27.3. The number of hydrogen-bond acceptors (Lipinski definition) is 6. The van der Waals surface area contributed by atoms with Crippen LogP contribution in [0.25, 0.3) is 0 Å². The van der Waals surface area contributed by atoms with Gasteiger partial charge in [-0.1, -0.05) is 369 Å². The van der Waals surface area contributed by atoms with Crippen molar-refractivity contribution in [2.24, 2.45) is 0 Å². The number of nitrogens with one attached hydrogen (secondary N) is 1. The number of phosphoric acid groups is 1. The van der Waals surface area contributed by atoms with E-state index in [1.54, 1.807) is 6.08 Å². The van der Waals surface area contributed by atoms with Gasteiger partial charge in [-0.15, -0.1) is 0 Å². The third kappa shape index (κ3) is 71.4. The Labute approximate surface area is 548 Å². The first-order valence-electron chi connectivity index (χ1n) is 38.3. The Bertz CT molecular complexity index is 1670. The van der Waals surface area contributed by atoms with Gasteiger partial charge in [0, 0.05) is 6.42 Å². The molecule has 0 bridgehead atoms. The Hall–Kier alpha value is -2.06. The molecule has 0 saturated heterocycles. The summed E-state index contributed by atoms with van der Waals surface area (Å²) in [6.07, 6.45) is 97.8. The summed E-state index contributed by atoms with van der Waals surface area (Å²) in [6, 6.07) is -0.905. The van der Waals surface area contributed by atoms with E-state index in [1.807, 2.05) is 27.2 Å². The van der Waals surface area contributed by atoms with Crippen LogP contribution in [0.15, 0.2) is 72.9 Å². The Morgan fingerprint density at radius 3 is 1.06 bits per heavy atom. The third-order valence-electron chi connectivity index (χ3n) is 17.4. The SMILES string of the molecule is CC/C=C\C/C=C\C/C=C\C/C=C\CCCCCCCCCCCCCCCCCCCCCCCCCCCCCCC(=O)NC(COP(=O)([O-])OCC[N+](C)(C)C)C(O)/C=C/CC/C=C/CCCCCCCCCCCCCCCCCCCCC. The van der Waals surface area contributed by atoms with Gasteiger partial charge in [-0.2, -0.15) is 0 Å². The normalized spacial score (nSPS) is 13.9. The Morgan fingerprint density at radius 1 is 0.409 bits per heavy atom. The van der Waals surface area contributed by atoms with Crippen LogP contribution in [0.4, 0.5) is 0 Å². The lowest BCUT2D eigenvalue weighted by Crippen LogP contribution is -2.45. The third-order valence-corrected chi connectivity index (χ3v) is 18.4. The molecule has 3 atom stereocenters. The van der Waals surface area contributed by atoms with Crippen molar-refractivity contribution in [2.75, 3.05) is 40.9 Å². The first-order valence-corrected chi connectivity index (χ1v) is 39.8. The quantitative estimate of drug-likeness (QED) is 0.0272. The first kappa shape index (κ1) is 85.9. The molecule has 8 nitrogen and oxygen atoms in total. The maximum absolute atomic E-state index is 13.1. The standard InChI is InChI=1S/C79H149N2O6P/c1-6-8-10-12-14-16-18-20-22-24-26-28-30-32-33-34-35-36-37-38-39-40-41-42-43-44-45-46-47-49-51-53-55-57-59-61-63-65-67-69-71-73-79(83)80-77(76-87-88(84,85)86-75-74-81(3,4)5)78(82)72-70-68-66-64-62-60-58-56-54-52-50-48-31-29-27-25-23-21-19-17-15-13-11-9-7-2/h8,10,14,16,20,22,26,28,62,64,70,72,77-78,82H,6-7,9,11-13,15,17-19,21,23-25,27,29-61,63,65-69,71,73-76H2,1-5H3,(H-,80,83,84,85)/b10-8-,16-14-,22-20-,28-26-,64-62+,72-70+. The van der Waals surface area contributed by atoms with Gasteiger partial charge in [-0.05, 0) is 70.6 Å².